The van der Waals surface area contributed by atoms with Gasteiger partial charge < -0.3 is 20.1 Å². The quantitative estimate of drug-likeness (QED) is 0.0272. The summed E-state index contributed by atoms with van der Waals surface area (Å²) in [6.07, 6.45) is 45.3. The van der Waals surface area contributed by atoms with E-state index in [1.807, 2.05) is 0 Å². The topological polar surface area (TPSA) is 134 Å². The maximum atomic E-state index is 12.6. The number of allylic oxidation sites excluding steroid dienone is 10. The maximum Gasteiger partial charge on any atom is 0.472 e. The van der Waals surface area contributed by atoms with Gasteiger partial charge >= 0.3 is 19.8 Å². The molecule has 53 heavy (non-hydrogen) atoms. The van der Waals surface area contributed by atoms with Crippen LogP contribution < -0.4 is 5.73 Å². The highest BCUT2D eigenvalue weighted by molar-refractivity contribution is 7.47. The van der Waals surface area contributed by atoms with E-state index in [0.29, 0.717) is 12.8 Å². The molecule has 0 aromatic carbocycles. The normalized spacial score (nSPS) is 14.0. The zero-order valence-corrected chi connectivity index (χ0v) is 34.4. The number of hydrogen-bond donors (Lipinski definition) is 2. The van der Waals surface area contributed by atoms with Crippen LogP contribution in [0.5, 0.6) is 0 Å². The second-order valence-corrected chi connectivity index (χ2v) is 14.9. The van der Waals surface area contributed by atoms with Crippen LogP contribution >= 0.6 is 7.82 Å². The van der Waals surface area contributed by atoms with E-state index in [1.54, 1.807) is 0 Å². The van der Waals surface area contributed by atoms with Gasteiger partial charge in [0.1, 0.15) is 6.61 Å². The molecule has 0 aromatic rings. The molecule has 0 rings (SSSR count). The highest BCUT2D eigenvalue weighted by atomic mass is 31.2. The molecule has 0 aliphatic rings. The SMILES string of the molecule is CC/C=C\C/C=C\C/C=C\CCCCCCCC(=O)OC[C@H](COP(=O)(O)OCCN)OC(=O)CCCCCCCCC/C=C\C/C=C\CCCCC. The van der Waals surface area contributed by atoms with E-state index in [4.69, 9.17) is 24.3 Å². The second kappa shape index (κ2) is 39.4. The molecule has 0 aliphatic carbocycles. The van der Waals surface area contributed by atoms with Crippen molar-refractivity contribution in [3.8, 4) is 0 Å². The van der Waals surface area contributed by atoms with E-state index in [2.05, 4.69) is 74.6 Å². The Bertz CT molecular complexity index is 1050. The van der Waals surface area contributed by atoms with Crippen molar-refractivity contribution in [1.82, 2.24) is 0 Å². The minimum absolute atomic E-state index is 0.0468. The highest BCUT2D eigenvalue weighted by Gasteiger charge is 2.26. The van der Waals surface area contributed by atoms with Gasteiger partial charge in [-0.3, -0.25) is 18.6 Å². The molecule has 0 bridgehead atoms. The smallest absolute Gasteiger partial charge is 0.462 e. The van der Waals surface area contributed by atoms with Crippen LogP contribution in [0.15, 0.2) is 60.8 Å². The Morgan fingerprint density at radius 1 is 0.585 bits per heavy atom. The third kappa shape index (κ3) is 39.2. The van der Waals surface area contributed by atoms with Gasteiger partial charge in [-0.15, -0.1) is 0 Å². The van der Waals surface area contributed by atoms with E-state index in [-0.39, 0.29) is 32.6 Å². The third-order valence-corrected chi connectivity index (χ3v) is 9.37. The monoisotopic (exact) mass is 766 g/mol. The van der Waals surface area contributed by atoms with Gasteiger partial charge in [-0.05, 0) is 77.0 Å². The third-order valence-electron chi connectivity index (χ3n) is 8.39. The fourth-order valence-corrected chi connectivity index (χ4v) is 6.09. The van der Waals surface area contributed by atoms with E-state index in [9.17, 15) is 19.0 Å². The van der Waals surface area contributed by atoms with Gasteiger partial charge in [0.15, 0.2) is 6.10 Å². The molecule has 0 heterocycles. The molecule has 3 N–H and O–H groups in total. The van der Waals surface area contributed by atoms with Crippen molar-refractivity contribution in [3.05, 3.63) is 60.8 Å². The standard InChI is InChI=1S/C43H76NO8P/c1-3-5-7-9-11-13-15-17-19-20-22-24-26-28-30-32-34-36-43(46)52-41(40-51-53(47,48)50-38-37-44)39-49-42(45)35-33-31-29-27-25-23-21-18-16-14-12-10-8-6-4-2/h6,8,11-14,17-19,21,41H,3-5,7,9-10,15-16,20,22-40,44H2,1-2H3,(H,47,48)/b8-6-,13-11-,14-12-,19-17-,21-18-/t41-/m1/s1. The first-order chi connectivity index (χ1) is 25.8. The Morgan fingerprint density at radius 3 is 1.55 bits per heavy atom. The first kappa shape index (κ1) is 50.7. The van der Waals surface area contributed by atoms with Crippen LogP contribution in [-0.2, 0) is 32.7 Å². The molecule has 9 nitrogen and oxygen atoms in total. The van der Waals surface area contributed by atoms with Crippen LogP contribution in [0.3, 0.4) is 0 Å². The lowest BCUT2D eigenvalue weighted by molar-refractivity contribution is -0.161. The number of phosphoric acid groups is 1. The molecular formula is C43H76NO8P. The summed E-state index contributed by atoms with van der Waals surface area (Å²) in [5.41, 5.74) is 5.34. The number of unbranched alkanes of at least 4 members (excludes halogenated alkanes) is 15. The summed E-state index contributed by atoms with van der Waals surface area (Å²) < 4.78 is 32.7. The molecule has 0 spiro atoms. The number of rotatable bonds is 38. The summed E-state index contributed by atoms with van der Waals surface area (Å²) in [5.74, 6) is -0.862. The highest BCUT2D eigenvalue weighted by Crippen LogP contribution is 2.43. The number of nitrogens with two attached hydrogens (primary N) is 1. The van der Waals surface area contributed by atoms with Crippen LogP contribution in [0, 0.1) is 0 Å². The number of phosphoric ester groups is 1. The van der Waals surface area contributed by atoms with Crippen molar-refractivity contribution in [1.29, 1.82) is 0 Å². The molecule has 10 heteroatoms. The fourth-order valence-electron chi connectivity index (χ4n) is 5.32. The van der Waals surface area contributed by atoms with E-state index >= 15 is 0 Å². The molecule has 2 atom stereocenters. The van der Waals surface area contributed by atoms with Gasteiger partial charge in [0.05, 0.1) is 13.2 Å². The number of ether oxygens (including phenoxy) is 2. The summed E-state index contributed by atoms with van der Waals surface area (Å²) in [6.45, 7) is 3.55. The van der Waals surface area contributed by atoms with E-state index in [1.165, 1.54) is 44.9 Å². The molecule has 0 radical (unpaired) electrons. The molecule has 0 aliphatic heterocycles. The van der Waals surface area contributed by atoms with Gasteiger partial charge in [0, 0.05) is 19.4 Å². The summed E-state index contributed by atoms with van der Waals surface area (Å²) in [6, 6.07) is 0. The van der Waals surface area contributed by atoms with Gasteiger partial charge in [-0.1, -0.05) is 139 Å². The zero-order chi connectivity index (χ0) is 38.9. The Morgan fingerprint density at radius 2 is 1.04 bits per heavy atom. The molecule has 0 amide bonds. The van der Waals surface area contributed by atoms with Crippen LogP contribution in [0.1, 0.15) is 168 Å². The Hall–Kier alpha value is -2.29. The van der Waals surface area contributed by atoms with Gasteiger partial charge in [-0.2, -0.15) is 0 Å². The lowest BCUT2D eigenvalue weighted by Gasteiger charge is -2.19. The van der Waals surface area contributed by atoms with Crippen molar-refractivity contribution in [3.63, 3.8) is 0 Å². The molecule has 0 saturated carbocycles. The number of hydrogen-bond acceptors (Lipinski definition) is 8. The van der Waals surface area contributed by atoms with E-state index in [0.717, 1.165) is 83.5 Å². The summed E-state index contributed by atoms with van der Waals surface area (Å²) in [4.78, 5) is 34.8. The minimum Gasteiger partial charge on any atom is -0.462 e. The fraction of sp³-hybridized carbons (Fsp3) is 0.721. The second-order valence-electron chi connectivity index (χ2n) is 13.5. The summed E-state index contributed by atoms with van der Waals surface area (Å²) in [7, 11) is -4.38. The minimum atomic E-state index is -4.38. The van der Waals surface area contributed by atoms with Crippen molar-refractivity contribution in [2.45, 2.75) is 174 Å². The number of carbonyl (C=O) groups is 2. The van der Waals surface area contributed by atoms with Gasteiger partial charge in [0.2, 0.25) is 0 Å². The molecule has 0 saturated heterocycles. The lowest BCUT2D eigenvalue weighted by atomic mass is 10.1. The van der Waals surface area contributed by atoms with Crippen molar-refractivity contribution >= 4 is 19.8 Å². The first-order valence-corrected chi connectivity index (χ1v) is 22.3. The van der Waals surface area contributed by atoms with Crippen molar-refractivity contribution in [2.24, 2.45) is 5.73 Å². The molecule has 306 valence electrons. The first-order valence-electron chi connectivity index (χ1n) is 20.8. The predicted molar refractivity (Wildman–Crippen MR) is 219 cm³/mol. The average molecular weight is 766 g/mol. The van der Waals surface area contributed by atoms with Crippen LogP contribution in [0.25, 0.3) is 0 Å². The largest absolute Gasteiger partial charge is 0.472 e. The van der Waals surface area contributed by atoms with Crippen LogP contribution in [0.2, 0.25) is 0 Å². The molecule has 0 fully saturated rings. The average Bonchev–Trinajstić information content (AvgIpc) is 3.14. The lowest BCUT2D eigenvalue weighted by Crippen LogP contribution is -2.29. The Labute approximate surface area is 323 Å². The van der Waals surface area contributed by atoms with Gasteiger partial charge in [-0.25, -0.2) is 4.57 Å². The maximum absolute atomic E-state index is 12.6. The number of esters is 2. The molecular weight excluding hydrogens is 689 g/mol. The molecule has 1 unspecified atom stereocenters. The van der Waals surface area contributed by atoms with Gasteiger partial charge in [0.25, 0.3) is 0 Å². The number of carbonyl (C=O) groups excluding carboxylic acids is 2. The van der Waals surface area contributed by atoms with Crippen LogP contribution in [-0.4, -0.2) is 49.3 Å². The summed E-state index contributed by atoms with van der Waals surface area (Å²) in [5, 5.41) is 0. The predicted octanol–water partition coefficient (Wildman–Crippen LogP) is 11.7. The Kier molecular flexibility index (Phi) is 37.7. The van der Waals surface area contributed by atoms with Crippen molar-refractivity contribution in [2.75, 3.05) is 26.4 Å². The summed E-state index contributed by atoms with van der Waals surface area (Å²) >= 11 is 0. The molecule has 0 aromatic heterocycles. The zero-order valence-electron chi connectivity index (χ0n) is 33.5. The van der Waals surface area contributed by atoms with Crippen LogP contribution in [0.4, 0.5) is 0 Å². The van der Waals surface area contributed by atoms with Crippen molar-refractivity contribution < 1.29 is 37.6 Å². The van der Waals surface area contributed by atoms with E-state index < -0.39 is 32.5 Å². The Balaban J connectivity index is 4.22.